The summed E-state index contributed by atoms with van der Waals surface area (Å²) in [5.74, 6) is 0. The number of carbonyl (C=O) groups excluding carboxylic acids is 1. The highest BCUT2D eigenvalue weighted by molar-refractivity contribution is 5.60. The molecular formula is C19H22O3. The van der Waals surface area contributed by atoms with Crippen molar-refractivity contribution in [1.29, 1.82) is 0 Å². The Morgan fingerprint density at radius 3 is 1.55 bits per heavy atom. The lowest BCUT2D eigenvalue weighted by molar-refractivity contribution is 0.0444. The summed E-state index contributed by atoms with van der Waals surface area (Å²) in [5.41, 5.74) is 6.60. The van der Waals surface area contributed by atoms with Crippen LogP contribution in [-0.4, -0.2) is 6.16 Å². The molecule has 0 amide bonds. The Bertz CT molecular complexity index is 617. The van der Waals surface area contributed by atoms with E-state index in [0.717, 1.165) is 22.3 Å². The van der Waals surface area contributed by atoms with Crippen LogP contribution in [0.1, 0.15) is 33.4 Å². The first-order chi connectivity index (χ1) is 10.5. The average molecular weight is 298 g/mol. The molecule has 0 spiro atoms. The maximum Gasteiger partial charge on any atom is 0.508 e. The molecule has 3 nitrogen and oxygen atoms in total. The standard InChI is InChI=1S/C19H22O3/c1-13-5-7-17(15(3)9-13)11-21-19(20)22-12-18-8-6-14(2)10-16(18)4/h5-10H,11-12H2,1-4H3. The van der Waals surface area contributed by atoms with E-state index in [-0.39, 0.29) is 13.2 Å². The van der Waals surface area contributed by atoms with E-state index in [2.05, 4.69) is 12.1 Å². The molecule has 0 unspecified atom stereocenters. The lowest BCUT2D eigenvalue weighted by atomic mass is 10.1. The number of hydrogen-bond acceptors (Lipinski definition) is 3. The summed E-state index contributed by atoms with van der Waals surface area (Å²) in [6, 6.07) is 12.1. The average Bonchev–Trinajstić information content (AvgIpc) is 2.45. The van der Waals surface area contributed by atoms with E-state index < -0.39 is 6.16 Å². The molecule has 0 bridgehead atoms. The van der Waals surface area contributed by atoms with Crippen LogP contribution in [0.15, 0.2) is 36.4 Å². The summed E-state index contributed by atoms with van der Waals surface area (Å²) < 4.78 is 10.3. The second kappa shape index (κ2) is 7.12. The maximum absolute atomic E-state index is 11.7. The quantitative estimate of drug-likeness (QED) is 0.762. The Balaban J connectivity index is 1.85. The molecule has 0 aliphatic heterocycles. The minimum absolute atomic E-state index is 0.234. The van der Waals surface area contributed by atoms with Crippen LogP contribution in [0.4, 0.5) is 4.79 Å². The smallest absolute Gasteiger partial charge is 0.429 e. The van der Waals surface area contributed by atoms with Crippen molar-refractivity contribution in [3.05, 3.63) is 69.8 Å². The monoisotopic (exact) mass is 298 g/mol. The molecule has 0 saturated heterocycles. The Morgan fingerprint density at radius 1 is 0.773 bits per heavy atom. The molecular weight excluding hydrogens is 276 g/mol. The molecule has 22 heavy (non-hydrogen) atoms. The molecule has 0 N–H and O–H groups in total. The van der Waals surface area contributed by atoms with E-state index in [0.29, 0.717) is 0 Å². The summed E-state index contributed by atoms with van der Waals surface area (Å²) in [6.45, 7) is 8.56. The number of benzene rings is 2. The number of ether oxygens (including phenoxy) is 2. The van der Waals surface area contributed by atoms with Gasteiger partial charge in [-0.05, 0) is 49.9 Å². The first-order valence-electron chi connectivity index (χ1n) is 7.37. The number of carbonyl (C=O) groups is 1. The highest BCUT2D eigenvalue weighted by Crippen LogP contribution is 2.14. The third-order valence-electron chi connectivity index (χ3n) is 3.69. The highest BCUT2D eigenvalue weighted by atomic mass is 16.7. The zero-order chi connectivity index (χ0) is 16.1. The van der Waals surface area contributed by atoms with E-state index in [9.17, 15) is 4.79 Å². The molecule has 116 valence electrons. The molecule has 2 aromatic carbocycles. The molecule has 0 saturated carbocycles. The number of rotatable bonds is 4. The summed E-state index contributed by atoms with van der Waals surface area (Å²) in [4.78, 5) is 11.7. The van der Waals surface area contributed by atoms with Gasteiger partial charge >= 0.3 is 6.16 Å². The second-order valence-corrected chi connectivity index (χ2v) is 5.69. The van der Waals surface area contributed by atoms with Gasteiger partial charge in [0.05, 0.1) is 0 Å². The minimum Gasteiger partial charge on any atom is -0.429 e. The zero-order valence-corrected chi connectivity index (χ0v) is 13.6. The predicted octanol–water partition coefficient (Wildman–Crippen LogP) is 4.77. The van der Waals surface area contributed by atoms with Crippen LogP contribution in [0.25, 0.3) is 0 Å². The first-order valence-corrected chi connectivity index (χ1v) is 7.37. The van der Waals surface area contributed by atoms with Gasteiger partial charge in [0, 0.05) is 0 Å². The van der Waals surface area contributed by atoms with Crippen molar-refractivity contribution in [2.45, 2.75) is 40.9 Å². The Labute approximate surface area is 131 Å². The third-order valence-corrected chi connectivity index (χ3v) is 3.69. The fourth-order valence-corrected chi connectivity index (χ4v) is 2.33. The fraction of sp³-hybridized carbons (Fsp3) is 0.316. The minimum atomic E-state index is -0.639. The van der Waals surface area contributed by atoms with E-state index in [1.807, 2.05) is 52.0 Å². The van der Waals surface area contributed by atoms with E-state index >= 15 is 0 Å². The van der Waals surface area contributed by atoms with Crippen LogP contribution in [0.3, 0.4) is 0 Å². The van der Waals surface area contributed by atoms with Crippen molar-refractivity contribution in [2.75, 3.05) is 0 Å². The van der Waals surface area contributed by atoms with Crippen molar-refractivity contribution in [3.8, 4) is 0 Å². The Hall–Kier alpha value is -2.29. The Kier molecular flexibility index (Phi) is 5.21. The van der Waals surface area contributed by atoms with Gasteiger partial charge in [-0.25, -0.2) is 4.79 Å². The fourth-order valence-electron chi connectivity index (χ4n) is 2.33. The van der Waals surface area contributed by atoms with Gasteiger partial charge in [-0.3, -0.25) is 0 Å². The van der Waals surface area contributed by atoms with E-state index in [1.165, 1.54) is 11.1 Å². The van der Waals surface area contributed by atoms with Gasteiger partial charge in [-0.1, -0.05) is 47.5 Å². The summed E-state index contributed by atoms with van der Waals surface area (Å²) in [6.07, 6.45) is -0.639. The molecule has 0 aliphatic rings. The van der Waals surface area contributed by atoms with Crippen molar-refractivity contribution < 1.29 is 14.3 Å². The molecule has 2 aromatic rings. The molecule has 0 aromatic heterocycles. The largest absolute Gasteiger partial charge is 0.508 e. The summed E-state index contributed by atoms with van der Waals surface area (Å²) in [5, 5.41) is 0. The van der Waals surface area contributed by atoms with Gasteiger partial charge in [0.25, 0.3) is 0 Å². The second-order valence-electron chi connectivity index (χ2n) is 5.69. The molecule has 3 heteroatoms. The SMILES string of the molecule is Cc1ccc(COC(=O)OCc2ccc(C)cc2C)c(C)c1. The van der Waals surface area contributed by atoms with E-state index in [4.69, 9.17) is 9.47 Å². The van der Waals surface area contributed by atoms with Crippen LogP contribution < -0.4 is 0 Å². The van der Waals surface area contributed by atoms with Gasteiger partial charge in [-0.2, -0.15) is 0 Å². The lowest BCUT2D eigenvalue weighted by Crippen LogP contribution is -2.08. The van der Waals surface area contributed by atoms with Gasteiger partial charge in [0.2, 0.25) is 0 Å². The van der Waals surface area contributed by atoms with Gasteiger partial charge in [0.1, 0.15) is 13.2 Å². The van der Waals surface area contributed by atoms with Crippen LogP contribution in [0.5, 0.6) is 0 Å². The summed E-state index contributed by atoms with van der Waals surface area (Å²) in [7, 11) is 0. The molecule has 0 heterocycles. The third kappa shape index (κ3) is 4.35. The number of aryl methyl sites for hydroxylation is 4. The molecule has 2 rings (SSSR count). The van der Waals surface area contributed by atoms with Crippen molar-refractivity contribution >= 4 is 6.16 Å². The van der Waals surface area contributed by atoms with Gasteiger partial charge < -0.3 is 9.47 Å². The van der Waals surface area contributed by atoms with Crippen molar-refractivity contribution in [2.24, 2.45) is 0 Å². The molecule has 0 radical (unpaired) electrons. The molecule has 0 aliphatic carbocycles. The topological polar surface area (TPSA) is 35.5 Å². The van der Waals surface area contributed by atoms with E-state index in [1.54, 1.807) is 0 Å². The first kappa shape index (κ1) is 16.1. The normalized spacial score (nSPS) is 10.4. The summed E-state index contributed by atoms with van der Waals surface area (Å²) >= 11 is 0. The van der Waals surface area contributed by atoms with Crippen molar-refractivity contribution in [3.63, 3.8) is 0 Å². The van der Waals surface area contributed by atoms with Crippen LogP contribution in [0, 0.1) is 27.7 Å². The highest BCUT2D eigenvalue weighted by Gasteiger charge is 2.08. The Morgan fingerprint density at radius 2 is 1.18 bits per heavy atom. The number of hydrogen-bond donors (Lipinski definition) is 0. The van der Waals surface area contributed by atoms with Crippen LogP contribution >= 0.6 is 0 Å². The lowest BCUT2D eigenvalue weighted by Gasteiger charge is -2.10. The van der Waals surface area contributed by atoms with Crippen molar-refractivity contribution in [1.82, 2.24) is 0 Å². The van der Waals surface area contributed by atoms with Gasteiger partial charge in [-0.15, -0.1) is 0 Å². The predicted molar refractivity (Wildman–Crippen MR) is 86.8 cm³/mol. The van der Waals surface area contributed by atoms with Gasteiger partial charge in [0.15, 0.2) is 0 Å². The van der Waals surface area contributed by atoms with Crippen LogP contribution in [0.2, 0.25) is 0 Å². The maximum atomic E-state index is 11.7. The zero-order valence-electron chi connectivity index (χ0n) is 13.6. The molecule has 0 atom stereocenters. The molecule has 0 fully saturated rings. The van der Waals surface area contributed by atoms with Crippen LogP contribution in [-0.2, 0) is 22.7 Å².